The van der Waals surface area contributed by atoms with Gasteiger partial charge >= 0.3 is 0 Å². The number of amides is 2. The average molecular weight is 348 g/mol. The van der Waals surface area contributed by atoms with E-state index in [4.69, 9.17) is 28.5 Å². The third-order valence-electron chi connectivity index (χ3n) is 2.79. The molecule has 0 aromatic heterocycles. The third-order valence-corrected chi connectivity index (χ3v) is 3.23. The van der Waals surface area contributed by atoms with Crippen LogP contribution in [0.5, 0.6) is 0 Å². The summed E-state index contributed by atoms with van der Waals surface area (Å²) in [7, 11) is 0. The van der Waals surface area contributed by atoms with Crippen LogP contribution in [0.3, 0.4) is 0 Å². The Kier molecular flexibility index (Phi) is 5.58. The van der Waals surface area contributed by atoms with Crippen LogP contribution < -0.4 is 10.6 Å². The number of nitrogens with one attached hydrogen (secondary N) is 2. The number of carbonyl (C=O) groups is 2. The summed E-state index contributed by atoms with van der Waals surface area (Å²) < 4.78 is 0. The van der Waals surface area contributed by atoms with E-state index in [1.165, 1.54) is 18.2 Å². The zero-order chi connectivity index (χ0) is 16.8. The van der Waals surface area contributed by atoms with E-state index in [-0.39, 0.29) is 0 Å². The minimum atomic E-state index is -0.529. The maximum atomic E-state index is 11.9. The molecule has 0 fully saturated rings. The number of hydrogen-bond acceptors (Lipinski definition) is 3. The van der Waals surface area contributed by atoms with E-state index in [1.807, 2.05) is 6.07 Å². The van der Waals surface area contributed by atoms with Gasteiger partial charge in [-0.05, 0) is 30.3 Å². The second-order valence-electron chi connectivity index (χ2n) is 4.59. The van der Waals surface area contributed by atoms with Gasteiger partial charge in [0.1, 0.15) is 12.5 Å². The molecule has 0 aliphatic rings. The number of carbonyl (C=O) groups excluding carboxylic acids is 2. The molecule has 0 bridgehead atoms. The van der Waals surface area contributed by atoms with Gasteiger partial charge in [-0.25, -0.2) is 0 Å². The third kappa shape index (κ3) is 4.99. The zero-order valence-electron chi connectivity index (χ0n) is 11.8. The van der Waals surface area contributed by atoms with Crippen molar-refractivity contribution in [2.45, 2.75) is 6.42 Å². The summed E-state index contributed by atoms with van der Waals surface area (Å²) >= 11 is 11.7. The summed E-state index contributed by atoms with van der Waals surface area (Å²) in [5, 5.41) is 14.8. The van der Waals surface area contributed by atoms with E-state index in [9.17, 15) is 9.59 Å². The highest BCUT2D eigenvalue weighted by Gasteiger charge is 2.12. The fourth-order valence-electron chi connectivity index (χ4n) is 1.86. The van der Waals surface area contributed by atoms with E-state index in [0.29, 0.717) is 27.0 Å². The van der Waals surface area contributed by atoms with E-state index in [0.717, 1.165) is 0 Å². The van der Waals surface area contributed by atoms with Crippen LogP contribution in [0.2, 0.25) is 10.0 Å². The average Bonchev–Trinajstić information content (AvgIpc) is 2.46. The fourth-order valence-corrected chi connectivity index (χ4v) is 2.39. The minimum Gasteiger partial charge on any atom is -0.326 e. The lowest BCUT2D eigenvalue weighted by atomic mass is 10.2. The molecule has 2 aromatic rings. The maximum absolute atomic E-state index is 11.9. The lowest BCUT2D eigenvalue weighted by Crippen LogP contribution is -2.21. The monoisotopic (exact) mass is 347 g/mol. The number of nitrogens with zero attached hydrogens (tertiary/aromatic N) is 1. The Labute approximate surface area is 142 Å². The predicted octanol–water partition coefficient (Wildman–Crippen LogP) is 3.83. The van der Waals surface area contributed by atoms with Crippen molar-refractivity contribution in [3.8, 4) is 6.07 Å². The van der Waals surface area contributed by atoms with Gasteiger partial charge in [-0.15, -0.1) is 0 Å². The van der Waals surface area contributed by atoms with Crippen LogP contribution in [-0.2, 0) is 9.59 Å². The second kappa shape index (κ2) is 7.63. The molecule has 0 unspecified atom stereocenters. The van der Waals surface area contributed by atoms with E-state index >= 15 is 0 Å². The molecule has 0 aliphatic carbocycles. The topological polar surface area (TPSA) is 82.0 Å². The Morgan fingerprint density at radius 1 is 1.00 bits per heavy atom. The number of anilines is 2. The number of para-hydroxylation sites is 1. The summed E-state index contributed by atoms with van der Waals surface area (Å²) in [5.41, 5.74) is 1.08. The molecule has 2 amide bonds. The lowest BCUT2D eigenvalue weighted by Gasteiger charge is -2.08. The first-order chi connectivity index (χ1) is 11.0. The molecular weight excluding hydrogens is 337 g/mol. The second-order valence-corrected chi connectivity index (χ2v) is 5.46. The van der Waals surface area contributed by atoms with Crippen LogP contribution >= 0.6 is 23.2 Å². The van der Waals surface area contributed by atoms with Crippen LogP contribution in [0.4, 0.5) is 11.4 Å². The van der Waals surface area contributed by atoms with Crippen molar-refractivity contribution in [3.05, 3.63) is 58.1 Å². The number of rotatable bonds is 4. The normalized spacial score (nSPS) is 9.78. The Bertz CT molecular complexity index is 780. The molecule has 0 aliphatic heterocycles. The van der Waals surface area contributed by atoms with Gasteiger partial charge in [-0.3, -0.25) is 9.59 Å². The number of halogens is 2. The highest BCUT2D eigenvalue weighted by atomic mass is 35.5. The van der Waals surface area contributed by atoms with Gasteiger partial charge in [-0.1, -0.05) is 35.3 Å². The summed E-state index contributed by atoms with van der Waals surface area (Å²) in [6, 6.07) is 13.1. The molecule has 5 nitrogen and oxygen atoms in total. The number of hydrogen-bond donors (Lipinski definition) is 2. The summed E-state index contributed by atoms with van der Waals surface area (Å²) in [4.78, 5) is 23.7. The van der Waals surface area contributed by atoms with Crippen molar-refractivity contribution in [2.24, 2.45) is 0 Å². The fraction of sp³-hybridized carbons (Fsp3) is 0.0625. The quantitative estimate of drug-likeness (QED) is 0.824. The molecule has 0 heterocycles. The van der Waals surface area contributed by atoms with Crippen molar-refractivity contribution >= 4 is 46.4 Å². The molecule has 2 N–H and O–H groups in total. The molecule has 2 rings (SSSR count). The predicted molar refractivity (Wildman–Crippen MR) is 89.5 cm³/mol. The van der Waals surface area contributed by atoms with Crippen LogP contribution in [-0.4, -0.2) is 11.8 Å². The molecule has 0 saturated heterocycles. The molecule has 116 valence electrons. The van der Waals surface area contributed by atoms with E-state index in [2.05, 4.69) is 10.6 Å². The minimum absolute atomic E-state index is 0.322. The van der Waals surface area contributed by atoms with Gasteiger partial charge in [0.25, 0.3) is 0 Å². The van der Waals surface area contributed by atoms with Crippen molar-refractivity contribution < 1.29 is 9.59 Å². The first-order valence-corrected chi connectivity index (χ1v) is 7.28. The number of nitriles is 1. The smallest absolute Gasteiger partial charge is 0.233 e. The molecule has 23 heavy (non-hydrogen) atoms. The Hall–Kier alpha value is -2.55. The van der Waals surface area contributed by atoms with E-state index in [1.54, 1.807) is 24.3 Å². The van der Waals surface area contributed by atoms with Gasteiger partial charge in [0.05, 0.1) is 11.3 Å². The Morgan fingerprint density at radius 2 is 1.61 bits per heavy atom. The van der Waals surface area contributed by atoms with Gasteiger partial charge in [0.2, 0.25) is 11.8 Å². The first kappa shape index (κ1) is 16.8. The van der Waals surface area contributed by atoms with Gasteiger partial charge in [0.15, 0.2) is 0 Å². The molecule has 2 aromatic carbocycles. The van der Waals surface area contributed by atoms with Crippen molar-refractivity contribution in [1.82, 2.24) is 0 Å². The molecule has 0 radical (unpaired) electrons. The standard InChI is InChI=1S/C16H11Cl2N3O2/c17-11-5-12(18)7-13(6-11)20-15(22)8-16(23)21-14-4-2-1-3-10(14)9-19/h1-7H,8H2,(H,20,22)(H,21,23). The van der Waals surface area contributed by atoms with Gasteiger partial charge in [0, 0.05) is 15.7 Å². The molecule has 0 saturated carbocycles. The molecular formula is C16H11Cl2N3O2. The van der Waals surface area contributed by atoms with Crippen LogP contribution in [0.1, 0.15) is 12.0 Å². The first-order valence-electron chi connectivity index (χ1n) is 6.53. The number of benzene rings is 2. The zero-order valence-corrected chi connectivity index (χ0v) is 13.3. The van der Waals surface area contributed by atoms with Crippen molar-refractivity contribution in [2.75, 3.05) is 10.6 Å². The Morgan fingerprint density at radius 3 is 2.26 bits per heavy atom. The summed E-state index contributed by atoms with van der Waals surface area (Å²) in [6.45, 7) is 0. The Balaban J connectivity index is 1.97. The largest absolute Gasteiger partial charge is 0.326 e. The molecule has 0 atom stereocenters. The lowest BCUT2D eigenvalue weighted by molar-refractivity contribution is -0.123. The van der Waals surface area contributed by atoms with Crippen LogP contribution in [0.25, 0.3) is 0 Å². The van der Waals surface area contributed by atoms with Crippen molar-refractivity contribution in [3.63, 3.8) is 0 Å². The summed E-state index contributed by atoms with van der Waals surface area (Å²) in [5.74, 6) is -1.05. The van der Waals surface area contributed by atoms with Crippen LogP contribution in [0, 0.1) is 11.3 Å². The highest BCUT2D eigenvalue weighted by Crippen LogP contribution is 2.22. The SMILES string of the molecule is N#Cc1ccccc1NC(=O)CC(=O)Nc1cc(Cl)cc(Cl)c1. The molecule has 7 heteroatoms. The summed E-state index contributed by atoms with van der Waals surface area (Å²) in [6.07, 6.45) is -0.399. The highest BCUT2D eigenvalue weighted by molar-refractivity contribution is 6.35. The van der Waals surface area contributed by atoms with Crippen molar-refractivity contribution in [1.29, 1.82) is 5.26 Å². The van der Waals surface area contributed by atoms with E-state index < -0.39 is 18.2 Å². The molecule has 0 spiro atoms. The maximum Gasteiger partial charge on any atom is 0.233 e. The van der Waals surface area contributed by atoms with Crippen LogP contribution in [0.15, 0.2) is 42.5 Å². The van der Waals surface area contributed by atoms with Gasteiger partial charge < -0.3 is 10.6 Å². The van der Waals surface area contributed by atoms with Gasteiger partial charge in [-0.2, -0.15) is 5.26 Å².